The molecule has 0 bridgehead atoms. The zero-order valence-electron chi connectivity index (χ0n) is 43.8. The Bertz CT molecular complexity index is 2720. The molecule has 5 aliphatic heterocycles. The number of carbonyl (C=O) groups excluding carboxylic acids is 3. The monoisotopic (exact) mass is 1030 g/mol. The van der Waals surface area contributed by atoms with Crippen LogP contribution in [0.2, 0.25) is 0 Å². The van der Waals surface area contributed by atoms with Crippen LogP contribution in [0.1, 0.15) is 163 Å². The highest BCUT2D eigenvalue weighted by molar-refractivity contribution is 7.91. The van der Waals surface area contributed by atoms with E-state index in [0.29, 0.717) is 53.7 Å². The van der Waals surface area contributed by atoms with Gasteiger partial charge in [-0.25, -0.2) is 18.0 Å². The highest BCUT2D eigenvalue weighted by atomic mass is 32.2. The zero-order chi connectivity index (χ0) is 53.2. The molecule has 1 fully saturated rings. The maximum absolute atomic E-state index is 14.3. The third-order valence-electron chi connectivity index (χ3n) is 15.3. The number of fused-ring (bicyclic) bond motifs is 6. The van der Waals surface area contributed by atoms with Crippen LogP contribution in [0.15, 0.2) is 58.7 Å². The molecule has 5 aliphatic rings. The maximum atomic E-state index is 14.3. The molecule has 4 N–H and O–H groups in total. The van der Waals surface area contributed by atoms with Crippen LogP contribution in [-0.2, 0) is 40.6 Å². The molecule has 398 valence electrons. The number of allylic oxidation sites excluding steroid dienone is 8. The molecule has 0 aliphatic carbocycles. The summed E-state index contributed by atoms with van der Waals surface area (Å²) in [6.45, 7) is 16.1. The van der Waals surface area contributed by atoms with Crippen molar-refractivity contribution in [3.05, 3.63) is 92.1 Å². The lowest BCUT2D eigenvalue weighted by atomic mass is 9.84. The molecular formula is C56H75N3O13S. The number of amides is 3. The Hall–Kier alpha value is -5.65. The molecule has 17 heteroatoms. The second-order valence-electron chi connectivity index (χ2n) is 21.7. The van der Waals surface area contributed by atoms with Gasteiger partial charge in [0.25, 0.3) is 11.8 Å². The van der Waals surface area contributed by atoms with Crippen molar-refractivity contribution in [3.8, 4) is 23.0 Å². The Morgan fingerprint density at radius 3 is 1.82 bits per heavy atom. The fraction of sp³-hybridized carbons (Fsp3) is 0.571. The fourth-order valence-electron chi connectivity index (χ4n) is 10.5. The van der Waals surface area contributed by atoms with Crippen LogP contribution in [0.5, 0.6) is 23.0 Å². The van der Waals surface area contributed by atoms with Crippen molar-refractivity contribution in [2.24, 2.45) is 0 Å². The van der Waals surface area contributed by atoms with Crippen LogP contribution >= 0.6 is 0 Å². The highest BCUT2D eigenvalue weighted by Crippen LogP contribution is 2.49. The number of hydrogen-bond acceptors (Lipinski definition) is 12. The predicted molar refractivity (Wildman–Crippen MR) is 277 cm³/mol. The molecule has 2 aromatic rings. The van der Waals surface area contributed by atoms with E-state index in [0.717, 1.165) is 25.7 Å². The van der Waals surface area contributed by atoms with Crippen molar-refractivity contribution < 1.29 is 62.2 Å². The van der Waals surface area contributed by atoms with E-state index in [2.05, 4.69) is 65.8 Å². The Morgan fingerprint density at radius 2 is 1.27 bits per heavy atom. The minimum atomic E-state index is -3.29. The number of ether oxygens (including phenoxy) is 3. The number of sulfone groups is 1. The smallest absolute Gasteiger partial charge is 0.415 e. The van der Waals surface area contributed by atoms with E-state index in [-0.39, 0.29) is 98.3 Å². The molecule has 0 radical (unpaired) electrons. The lowest BCUT2D eigenvalue weighted by molar-refractivity contribution is -0.142. The molecule has 2 aromatic carbocycles. The van der Waals surface area contributed by atoms with Crippen LogP contribution < -0.4 is 14.2 Å². The average Bonchev–Trinajstić information content (AvgIpc) is 3.80. The van der Waals surface area contributed by atoms with Gasteiger partial charge in [-0.1, -0.05) is 46.6 Å². The van der Waals surface area contributed by atoms with Crippen molar-refractivity contribution in [3.63, 3.8) is 0 Å². The third-order valence-corrected chi connectivity index (χ3v) is 16.9. The van der Waals surface area contributed by atoms with Crippen LogP contribution in [0.3, 0.4) is 0 Å². The van der Waals surface area contributed by atoms with Gasteiger partial charge in [0.05, 0.1) is 47.9 Å². The minimum absolute atomic E-state index is 0.0193. The molecule has 5 heterocycles. The number of benzene rings is 2. The maximum Gasteiger partial charge on any atom is 0.415 e. The molecule has 16 nitrogen and oxygen atoms in total. The van der Waals surface area contributed by atoms with Crippen molar-refractivity contribution in [1.82, 2.24) is 14.7 Å². The molecule has 73 heavy (non-hydrogen) atoms. The summed E-state index contributed by atoms with van der Waals surface area (Å²) >= 11 is 0. The number of carbonyl (C=O) groups is 4. The van der Waals surface area contributed by atoms with Gasteiger partial charge in [-0.05, 0) is 132 Å². The van der Waals surface area contributed by atoms with E-state index >= 15 is 0 Å². The van der Waals surface area contributed by atoms with Crippen LogP contribution in [0.4, 0.5) is 4.79 Å². The van der Waals surface area contributed by atoms with E-state index in [1.54, 1.807) is 4.90 Å². The highest BCUT2D eigenvalue weighted by Gasteiger charge is 2.47. The first-order valence-electron chi connectivity index (χ1n) is 25.8. The Labute approximate surface area is 430 Å². The van der Waals surface area contributed by atoms with Gasteiger partial charge in [0.15, 0.2) is 9.84 Å². The first kappa shape index (κ1) is 55.1. The standard InChI is InChI=1S/C56H75N3O13S/c1-34(2)14-9-16-36(5)18-11-21-55(7)47(61)30-40-45(60)28-38-43(49(40)71-55)33-59(52(38)64)44(53(65)66)20-13-23-58-32-42-39(51(58)63)29-46(70-54(67)57-24-26-73(68,69)27-25-57)41-31-48(62)56(8,72-50(41)42)22-12-19-37(6)17-10-15-35(3)4/h14-15,18-19,28-29,44,47-48,60-62H,9-13,16-17,20-27,30-33H2,1-8H3,(H,65,66)/b36-18+,37-19+/t44-,47-,48-,55+,56+/m0/s1. The average molecular weight is 1030 g/mol. The van der Waals surface area contributed by atoms with Gasteiger partial charge in [0.2, 0.25) is 0 Å². The summed E-state index contributed by atoms with van der Waals surface area (Å²) in [7, 11) is -3.29. The number of rotatable bonds is 19. The van der Waals surface area contributed by atoms with Crippen LogP contribution in [0, 0.1) is 0 Å². The van der Waals surface area contributed by atoms with E-state index in [1.807, 2.05) is 13.8 Å². The topological polar surface area (TPSA) is 221 Å². The summed E-state index contributed by atoms with van der Waals surface area (Å²) in [5.41, 5.74) is 4.97. The lowest BCUT2D eigenvalue weighted by Crippen LogP contribution is -2.49. The zero-order valence-corrected chi connectivity index (χ0v) is 44.7. The minimum Gasteiger partial charge on any atom is -0.508 e. The van der Waals surface area contributed by atoms with Crippen molar-refractivity contribution in [2.75, 3.05) is 31.1 Å². The summed E-state index contributed by atoms with van der Waals surface area (Å²) in [5.74, 6) is -2.19. The van der Waals surface area contributed by atoms with Crippen LogP contribution in [-0.4, -0.2) is 128 Å². The third kappa shape index (κ3) is 12.5. The normalized spacial score (nSPS) is 23.7. The quantitative estimate of drug-likeness (QED) is 0.0971. The number of aromatic hydroxyl groups is 1. The Kier molecular flexibility index (Phi) is 16.9. The molecule has 0 saturated carbocycles. The second kappa shape index (κ2) is 22.4. The molecule has 3 amide bonds. The predicted octanol–water partition coefficient (Wildman–Crippen LogP) is 8.52. The van der Waals surface area contributed by atoms with Gasteiger partial charge in [0.1, 0.15) is 40.2 Å². The molecule has 0 spiro atoms. The molecule has 7 rings (SSSR count). The molecule has 0 unspecified atom stereocenters. The number of carboxylic acid groups (broad SMARTS) is 1. The van der Waals surface area contributed by atoms with Crippen molar-refractivity contribution in [1.29, 1.82) is 0 Å². The van der Waals surface area contributed by atoms with Gasteiger partial charge in [-0.3, -0.25) is 9.59 Å². The number of aliphatic hydroxyl groups excluding tert-OH is 2. The Morgan fingerprint density at radius 1 is 0.753 bits per heavy atom. The number of phenolic OH excluding ortho intramolecular Hbond substituents is 1. The fourth-order valence-corrected chi connectivity index (χ4v) is 11.7. The first-order chi connectivity index (χ1) is 34.4. The summed E-state index contributed by atoms with van der Waals surface area (Å²) < 4.78 is 43.5. The van der Waals surface area contributed by atoms with Crippen molar-refractivity contribution in [2.45, 2.75) is 175 Å². The van der Waals surface area contributed by atoms with Gasteiger partial charge < -0.3 is 49.3 Å². The SMILES string of the molecule is CC(C)=CCC/C(C)=C/CC[C@@]1(C)Oc2c(c(O)cc3c2CN([C@@H](CCCN2Cc4c(cc(OC(=O)N5CCS(=O)(=O)CC5)c5c4O[C@](C)(CC/C=C(\C)CCC=C(C)C)[C@@H](O)C5)C2=O)C(=O)O)C3=O)C[C@@H]1O. The van der Waals surface area contributed by atoms with E-state index < -0.39 is 63.2 Å². The largest absolute Gasteiger partial charge is 0.508 e. The lowest BCUT2D eigenvalue weighted by Gasteiger charge is -2.41. The number of phenols is 1. The van der Waals surface area contributed by atoms with Gasteiger partial charge >= 0.3 is 12.1 Å². The molecule has 5 atom stereocenters. The molecule has 0 aromatic heterocycles. The van der Waals surface area contributed by atoms with Crippen LogP contribution in [0.25, 0.3) is 0 Å². The molecular weight excluding hydrogens is 955 g/mol. The van der Waals surface area contributed by atoms with Gasteiger partial charge in [-0.15, -0.1) is 0 Å². The summed E-state index contributed by atoms with van der Waals surface area (Å²) in [4.78, 5) is 59.1. The van der Waals surface area contributed by atoms with E-state index in [4.69, 9.17) is 14.2 Å². The number of carboxylic acids is 1. The summed E-state index contributed by atoms with van der Waals surface area (Å²) in [6, 6.07) is 1.50. The summed E-state index contributed by atoms with van der Waals surface area (Å²) in [5, 5.41) is 44.7. The van der Waals surface area contributed by atoms with Crippen molar-refractivity contribution >= 4 is 33.7 Å². The Balaban J connectivity index is 1.07. The second-order valence-corrected chi connectivity index (χ2v) is 24.0. The van der Waals surface area contributed by atoms with E-state index in [1.165, 1.54) is 44.2 Å². The number of nitrogens with zero attached hydrogens (tertiary/aromatic N) is 3. The summed E-state index contributed by atoms with van der Waals surface area (Å²) in [6.07, 6.45) is 12.1. The number of aliphatic carboxylic acids is 1. The van der Waals surface area contributed by atoms with Gasteiger partial charge in [-0.2, -0.15) is 0 Å². The number of aliphatic hydroxyl groups is 2. The van der Waals surface area contributed by atoms with E-state index in [9.17, 15) is 48.0 Å². The molecule has 1 saturated heterocycles. The van der Waals surface area contributed by atoms with Gasteiger partial charge in [0, 0.05) is 54.7 Å². The first-order valence-corrected chi connectivity index (χ1v) is 27.6. The number of hydrogen-bond donors (Lipinski definition) is 4.